The van der Waals surface area contributed by atoms with Crippen molar-refractivity contribution in [3.05, 3.63) is 35.4 Å². The van der Waals surface area contributed by atoms with Gasteiger partial charge in [-0.3, -0.25) is 0 Å². The molecule has 0 spiro atoms. The Morgan fingerprint density at radius 3 is 2.27 bits per heavy atom. The molecule has 2 atom stereocenters. The maximum absolute atomic E-state index is 13.4. The summed E-state index contributed by atoms with van der Waals surface area (Å²) in [5, 5.41) is 13.5. The minimum atomic E-state index is -1.39. The second-order valence-electron chi connectivity index (χ2n) is 6.94. The van der Waals surface area contributed by atoms with Gasteiger partial charge in [-0.2, -0.15) is 0 Å². The number of amides is 1. The van der Waals surface area contributed by atoms with Gasteiger partial charge in [0.05, 0.1) is 11.9 Å². The van der Waals surface area contributed by atoms with Crippen LogP contribution in [-0.4, -0.2) is 23.7 Å². The van der Waals surface area contributed by atoms with Gasteiger partial charge in [-0.15, -0.1) is 6.42 Å². The summed E-state index contributed by atoms with van der Waals surface area (Å²) in [7, 11) is 0. The number of carboxylic acids is 1. The second-order valence-corrected chi connectivity index (χ2v) is 6.94. The molecule has 7 heteroatoms. The fourth-order valence-corrected chi connectivity index (χ4v) is 2.35. The van der Waals surface area contributed by atoms with Gasteiger partial charge in [-0.25, -0.2) is 13.6 Å². The van der Waals surface area contributed by atoms with Crippen LogP contribution < -0.4 is 10.4 Å². The zero-order valence-corrected chi connectivity index (χ0v) is 15.0. The SMILES string of the molecule is C#C[C@@H](CC[C@H](Cc1cc(F)cc(F)c1)NC(=O)OC(C)(C)C)C(=O)[O-]. The summed E-state index contributed by atoms with van der Waals surface area (Å²) in [5.74, 6) is -1.89. The summed E-state index contributed by atoms with van der Waals surface area (Å²) in [5.41, 5.74) is -0.416. The van der Waals surface area contributed by atoms with E-state index < -0.39 is 41.3 Å². The van der Waals surface area contributed by atoms with E-state index in [-0.39, 0.29) is 19.3 Å². The van der Waals surface area contributed by atoms with Crippen molar-refractivity contribution < 1.29 is 28.2 Å². The molecule has 0 aromatic heterocycles. The number of ether oxygens (including phenoxy) is 1. The van der Waals surface area contributed by atoms with Crippen molar-refractivity contribution in [2.24, 2.45) is 5.92 Å². The highest BCUT2D eigenvalue weighted by Gasteiger charge is 2.21. The molecule has 26 heavy (non-hydrogen) atoms. The molecule has 0 radical (unpaired) electrons. The Balaban J connectivity index is 2.88. The van der Waals surface area contributed by atoms with Crippen LogP contribution in [0.2, 0.25) is 0 Å². The van der Waals surface area contributed by atoms with E-state index >= 15 is 0 Å². The number of benzene rings is 1. The van der Waals surface area contributed by atoms with E-state index in [1.165, 1.54) is 0 Å². The molecule has 0 saturated heterocycles. The lowest BCUT2D eigenvalue weighted by atomic mass is 9.96. The molecule has 0 aliphatic rings. The quantitative estimate of drug-likeness (QED) is 0.751. The minimum absolute atomic E-state index is 0.0388. The van der Waals surface area contributed by atoms with Crippen LogP contribution in [0.5, 0.6) is 0 Å². The number of hydrogen-bond acceptors (Lipinski definition) is 4. The minimum Gasteiger partial charge on any atom is -0.549 e. The number of halogens is 2. The maximum atomic E-state index is 13.4. The van der Waals surface area contributed by atoms with E-state index in [9.17, 15) is 23.5 Å². The van der Waals surface area contributed by atoms with E-state index in [0.29, 0.717) is 5.56 Å². The van der Waals surface area contributed by atoms with Crippen LogP contribution >= 0.6 is 0 Å². The lowest BCUT2D eigenvalue weighted by molar-refractivity contribution is -0.309. The van der Waals surface area contributed by atoms with Crippen molar-refractivity contribution in [3.8, 4) is 12.3 Å². The third kappa shape index (κ3) is 7.97. The molecule has 0 aliphatic carbocycles. The Kier molecular flexibility index (Phi) is 7.56. The molecule has 0 unspecified atom stereocenters. The van der Waals surface area contributed by atoms with E-state index in [2.05, 4.69) is 11.2 Å². The van der Waals surface area contributed by atoms with Gasteiger partial charge < -0.3 is 20.0 Å². The van der Waals surface area contributed by atoms with Crippen LogP contribution in [0.3, 0.4) is 0 Å². The van der Waals surface area contributed by atoms with Crippen LogP contribution in [0.1, 0.15) is 39.2 Å². The van der Waals surface area contributed by atoms with Crippen LogP contribution in [-0.2, 0) is 16.0 Å². The molecule has 0 bridgehead atoms. The van der Waals surface area contributed by atoms with Crippen LogP contribution in [0.25, 0.3) is 0 Å². The van der Waals surface area contributed by atoms with Crippen molar-refractivity contribution in [3.63, 3.8) is 0 Å². The average molecular weight is 366 g/mol. The molecule has 5 nitrogen and oxygen atoms in total. The van der Waals surface area contributed by atoms with E-state index in [0.717, 1.165) is 18.2 Å². The highest BCUT2D eigenvalue weighted by atomic mass is 19.1. The molecule has 1 aromatic carbocycles. The van der Waals surface area contributed by atoms with E-state index in [1.54, 1.807) is 20.8 Å². The van der Waals surface area contributed by atoms with E-state index in [1.807, 2.05) is 0 Å². The number of alkyl carbamates (subject to hydrolysis) is 1. The highest BCUT2D eigenvalue weighted by molar-refractivity contribution is 5.71. The zero-order chi connectivity index (χ0) is 19.9. The largest absolute Gasteiger partial charge is 0.549 e. The van der Waals surface area contributed by atoms with Crippen LogP contribution in [0.15, 0.2) is 18.2 Å². The van der Waals surface area contributed by atoms with Crippen LogP contribution in [0.4, 0.5) is 13.6 Å². The predicted octanol–water partition coefficient (Wildman–Crippen LogP) is 2.18. The zero-order valence-electron chi connectivity index (χ0n) is 15.0. The topological polar surface area (TPSA) is 78.5 Å². The molecular weight excluding hydrogens is 344 g/mol. The lowest BCUT2D eigenvalue weighted by Gasteiger charge is -2.24. The number of carbonyl (C=O) groups is 2. The second kappa shape index (κ2) is 9.18. The molecule has 1 rings (SSSR count). The molecule has 0 fully saturated rings. The first-order valence-electron chi connectivity index (χ1n) is 8.11. The number of carboxylic acid groups (broad SMARTS) is 1. The number of terminal acetylenes is 1. The highest BCUT2D eigenvalue weighted by Crippen LogP contribution is 2.16. The van der Waals surface area contributed by atoms with Crippen molar-refractivity contribution in [2.75, 3.05) is 0 Å². The first-order valence-corrected chi connectivity index (χ1v) is 8.11. The van der Waals surface area contributed by atoms with Crippen molar-refractivity contribution in [1.82, 2.24) is 5.32 Å². The molecule has 142 valence electrons. The van der Waals surface area contributed by atoms with Gasteiger partial charge in [0.2, 0.25) is 0 Å². The Morgan fingerprint density at radius 2 is 1.81 bits per heavy atom. The fourth-order valence-electron chi connectivity index (χ4n) is 2.35. The molecule has 0 heterocycles. The number of hydrogen-bond donors (Lipinski definition) is 1. The first kappa shape index (κ1) is 21.4. The summed E-state index contributed by atoms with van der Waals surface area (Å²) in [4.78, 5) is 22.9. The van der Waals surface area contributed by atoms with Crippen molar-refractivity contribution >= 4 is 12.1 Å². The maximum Gasteiger partial charge on any atom is 0.407 e. The average Bonchev–Trinajstić information content (AvgIpc) is 2.43. The molecule has 1 N–H and O–H groups in total. The van der Waals surface area contributed by atoms with E-state index in [4.69, 9.17) is 11.2 Å². The molecule has 0 saturated carbocycles. The Morgan fingerprint density at radius 1 is 1.23 bits per heavy atom. The van der Waals surface area contributed by atoms with Crippen LogP contribution in [0, 0.1) is 29.9 Å². The third-order valence-electron chi connectivity index (χ3n) is 3.41. The normalized spacial score (nSPS) is 13.4. The van der Waals surface area contributed by atoms with Gasteiger partial charge in [0.25, 0.3) is 0 Å². The summed E-state index contributed by atoms with van der Waals surface area (Å²) in [6.07, 6.45) is 4.72. The smallest absolute Gasteiger partial charge is 0.407 e. The summed E-state index contributed by atoms with van der Waals surface area (Å²) >= 11 is 0. The summed E-state index contributed by atoms with van der Waals surface area (Å²) in [6.45, 7) is 5.07. The number of carbonyl (C=O) groups excluding carboxylic acids is 2. The van der Waals surface area contributed by atoms with Gasteiger partial charge in [-0.1, -0.05) is 5.92 Å². The summed E-state index contributed by atoms with van der Waals surface area (Å²) < 4.78 is 31.9. The van der Waals surface area contributed by atoms with Gasteiger partial charge in [-0.05, 0) is 57.7 Å². The molecule has 1 aromatic rings. The predicted molar refractivity (Wildman–Crippen MR) is 89.8 cm³/mol. The van der Waals surface area contributed by atoms with Gasteiger partial charge in [0.15, 0.2) is 0 Å². The number of rotatable bonds is 7. The number of aliphatic carboxylic acids is 1. The third-order valence-corrected chi connectivity index (χ3v) is 3.41. The Bertz CT molecular complexity index is 672. The van der Waals surface area contributed by atoms with Crippen molar-refractivity contribution in [2.45, 2.75) is 51.7 Å². The fraction of sp³-hybridized carbons (Fsp3) is 0.474. The standard InChI is InChI=1S/C19H23F2NO4/c1-5-13(17(23)24)6-7-16(22-18(25)26-19(2,3)4)10-12-8-14(20)11-15(21)9-12/h1,8-9,11,13,16H,6-7,10H2,2-4H3,(H,22,25)(H,23,24)/p-1/t13-,16+/m0/s1. The lowest BCUT2D eigenvalue weighted by Crippen LogP contribution is -2.41. The Labute approximate surface area is 151 Å². The Hall–Kier alpha value is -2.62. The van der Waals surface area contributed by atoms with Gasteiger partial charge in [0, 0.05) is 12.1 Å². The van der Waals surface area contributed by atoms with Gasteiger partial charge in [0.1, 0.15) is 17.2 Å². The molecular formula is C19H22F2NO4-. The summed E-state index contributed by atoms with van der Waals surface area (Å²) in [6, 6.07) is 2.40. The molecule has 0 aliphatic heterocycles. The van der Waals surface area contributed by atoms with Gasteiger partial charge >= 0.3 is 6.09 Å². The molecule has 1 amide bonds. The van der Waals surface area contributed by atoms with Crippen molar-refractivity contribution in [1.29, 1.82) is 0 Å². The first-order chi connectivity index (χ1) is 12.0. The number of nitrogens with one attached hydrogen (secondary N) is 1. The monoisotopic (exact) mass is 366 g/mol.